The van der Waals surface area contributed by atoms with E-state index in [1.165, 1.54) is 0 Å². The van der Waals surface area contributed by atoms with Crippen molar-refractivity contribution in [2.24, 2.45) is 0 Å². The number of allylic oxidation sites excluding steroid dienone is 3. The van der Waals surface area contributed by atoms with Gasteiger partial charge in [-0.25, -0.2) is 4.98 Å². The Morgan fingerprint density at radius 1 is 0.915 bits per heavy atom. The second-order valence-electron chi connectivity index (χ2n) is 10.8. The zero-order valence-corrected chi connectivity index (χ0v) is 26.8. The van der Waals surface area contributed by atoms with Gasteiger partial charge in [0.15, 0.2) is 0 Å². The molecular weight excluding hydrogens is 621 g/mol. The van der Waals surface area contributed by atoms with Gasteiger partial charge in [-0.05, 0) is 65.4 Å². The number of aromatic nitrogens is 4. The quantitative estimate of drug-likeness (QED) is 0.0747. The summed E-state index contributed by atoms with van der Waals surface area (Å²) in [7, 11) is 0. The molecule has 47 heavy (non-hydrogen) atoms. The summed E-state index contributed by atoms with van der Waals surface area (Å²) in [5.74, 6) is 0. The van der Waals surface area contributed by atoms with Gasteiger partial charge in [0.2, 0.25) is 5.13 Å². The van der Waals surface area contributed by atoms with Crippen LogP contribution in [0.3, 0.4) is 0 Å². The van der Waals surface area contributed by atoms with Crippen LogP contribution in [0.5, 0.6) is 0 Å². The third-order valence-electron chi connectivity index (χ3n) is 7.72. The van der Waals surface area contributed by atoms with Crippen molar-refractivity contribution >= 4 is 55.9 Å². The average molecular weight is 651 g/mol. The highest BCUT2D eigenvalue weighted by atomic mass is 32.2. The van der Waals surface area contributed by atoms with Crippen molar-refractivity contribution in [2.45, 2.75) is 12.5 Å². The highest BCUT2D eigenvalue weighted by molar-refractivity contribution is 8.27. The van der Waals surface area contributed by atoms with Crippen LogP contribution in [0.25, 0.3) is 33.4 Å². The Bertz CT molecular complexity index is 2180. The normalized spacial score (nSPS) is 14.3. The first-order valence-corrected chi connectivity index (χ1v) is 16.6. The summed E-state index contributed by atoms with van der Waals surface area (Å²) in [5, 5.41) is 32.7. The molecule has 7 rings (SSSR count). The van der Waals surface area contributed by atoms with Gasteiger partial charge in [-0.1, -0.05) is 96.3 Å². The third kappa shape index (κ3) is 6.55. The number of fused-ring (bicyclic) bond motifs is 1. The van der Waals surface area contributed by atoms with Gasteiger partial charge >= 0.3 is 0 Å². The zero-order valence-electron chi connectivity index (χ0n) is 25.2. The average Bonchev–Trinajstić information content (AvgIpc) is 3.80. The van der Waals surface area contributed by atoms with Crippen molar-refractivity contribution in [3.63, 3.8) is 0 Å². The Morgan fingerprint density at radius 3 is 2.55 bits per heavy atom. The van der Waals surface area contributed by atoms with Crippen molar-refractivity contribution in [3.8, 4) is 16.4 Å². The van der Waals surface area contributed by atoms with Gasteiger partial charge in [-0.2, -0.15) is 0 Å². The Labute approximate surface area is 280 Å². The molecule has 0 fully saturated rings. The second-order valence-corrected chi connectivity index (χ2v) is 12.9. The molecule has 6 aromatic rings. The van der Waals surface area contributed by atoms with E-state index in [1.807, 2.05) is 97.2 Å². The number of anilines is 1. The molecule has 0 spiro atoms. The van der Waals surface area contributed by atoms with E-state index in [9.17, 15) is 0 Å². The highest BCUT2D eigenvalue weighted by Gasteiger charge is 2.18. The Kier molecular flexibility index (Phi) is 8.59. The lowest BCUT2D eigenvalue weighted by molar-refractivity contribution is 0.728. The van der Waals surface area contributed by atoms with Crippen LogP contribution < -0.4 is 11.1 Å². The van der Waals surface area contributed by atoms with Crippen LogP contribution in [0.4, 0.5) is 5.69 Å². The fourth-order valence-corrected chi connectivity index (χ4v) is 6.85. The first kappa shape index (κ1) is 30.1. The SMILES string of the molecule is N=C(SC(=N)c1ccc2c(/C=C\Cc3nnc(-n4cccc4-c4ccccc4)s3)c(N)ccc2n1)C1=CC=CC(c2ccccc2)N1. The standard InChI is InChI=1S/C37H30N8S2/c38-28-20-22-30-27(19-21-32(42-30)36(40)47-35(39)31-16-8-15-29(41-31)24-10-3-1-4-11-24)26(28)14-7-18-34-43-44-37(46-34)45-23-9-17-33(45)25-12-5-2-6-13-25/h1-17,19-23,29,39-41H,18,38H2/b14-7-,39-35?,40-36?. The largest absolute Gasteiger partial charge is 0.398 e. The molecule has 1 atom stereocenters. The van der Waals surface area contributed by atoms with E-state index >= 15 is 0 Å². The van der Waals surface area contributed by atoms with E-state index in [0.29, 0.717) is 23.5 Å². The molecule has 0 aliphatic carbocycles. The Morgan fingerprint density at radius 2 is 1.72 bits per heavy atom. The number of hydrogen-bond donors (Lipinski definition) is 4. The monoisotopic (exact) mass is 650 g/mol. The lowest BCUT2D eigenvalue weighted by Gasteiger charge is -2.22. The smallest absolute Gasteiger partial charge is 0.216 e. The molecule has 4 heterocycles. The lowest BCUT2D eigenvalue weighted by Crippen LogP contribution is -2.25. The molecule has 0 saturated carbocycles. The summed E-state index contributed by atoms with van der Waals surface area (Å²) in [4.78, 5) is 4.76. The van der Waals surface area contributed by atoms with Crippen molar-refractivity contribution < 1.29 is 0 Å². The topological polar surface area (TPSA) is 129 Å². The van der Waals surface area contributed by atoms with Gasteiger partial charge < -0.3 is 11.1 Å². The molecular formula is C37H30N8S2. The van der Waals surface area contributed by atoms with Gasteiger partial charge in [0.1, 0.15) is 15.1 Å². The summed E-state index contributed by atoms with van der Waals surface area (Å²) < 4.78 is 2.06. The molecule has 230 valence electrons. The fourth-order valence-electron chi connectivity index (χ4n) is 5.38. The van der Waals surface area contributed by atoms with Crippen molar-refractivity contribution in [3.05, 3.63) is 155 Å². The molecule has 3 aromatic heterocycles. The predicted molar refractivity (Wildman–Crippen MR) is 195 cm³/mol. The minimum absolute atomic E-state index is 0.0251. The maximum atomic E-state index is 8.72. The van der Waals surface area contributed by atoms with E-state index in [0.717, 1.165) is 55.2 Å². The molecule has 0 amide bonds. The van der Waals surface area contributed by atoms with Gasteiger partial charge in [-0.3, -0.25) is 15.4 Å². The van der Waals surface area contributed by atoms with Gasteiger partial charge in [0.05, 0.1) is 28.6 Å². The van der Waals surface area contributed by atoms with Crippen LogP contribution >= 0.6 is 23.1 Å². The number of nitrogens with two attached hydrogens (primary N) is 1. The maximum Gasteiger partial charge on any atom is 0.216 e. The van der Waals surface area contributed by atoms with Crippen LogP contribution in [-0.4, -0.2) is 29.8 Å². The number of dihydropyridines is 1. The molecule has 8 nitrogen and oxygen atoms in total. The van der Waals surface area contributed by atoms with E-state index in [-0.39, 0.29) is 16.1 Å². The third-order valence-corrected chi connectivity index (χ3v) is 9.50. The molecule has 0 radical (unpaired) electrons. The van der Waals surface area contributed by atoms with Crippen LogP contribution in [0.15, 0.2) is 133 Å². The minimum Gasteiger partial charge on any atom is -0.398 e. The number of hydrogen-bond acceptors (Lipinski definition) is 9. The van der Waals surface area contributed by atoms with E-state index in [4.69, 9.17) is 21.5 Å². The number of nitrogens with one attached hydrogen (secondary N) is 3. The number of nitrogen functional groups attached to an aromatic ring is 1. The molecule has 1 aliphatic heterocycles. The number of nitrogens with zero attached hydrogens (tertiary/aromatic N) is 4. The van der Waals surface area contributed by atoms with Crippen molar-refractivity contribution in [2.75, 3.05) is 5.73 Å². The molecule has 5 N–H and O–H groups in total. The fraction of sp³-hybridized carbons (Fsp3) is 0.0541. The number of thioether (sulfide) groups is 1. The predicted octanol–water partition coefficient (Wildman–Crippen LogP) is 8.20. The first-order chi connectivity index (χ1) is 23.0. The van der Waals surface area contributed by atoms with Gasteiger partial charge in [-0.15, -0.1) is 10.2 Å². The zero-order chi connectivity index (χ0) is 32.2. The van der Waals surface area contributed by atoms with Crippen molar-refractivity contribution in [1.29, 1.82) is 10.8 Å². The Hall–Kier alpha value is -5.58. The van der Waals surface area contributed by atoms with Crippen LogP contribution in [0, 0.1) is 10.8 Å². The highest BCUT2D eigenvalue weighted by Crippen LogP contribution is 2.29. The van der Waals surface area contributed by atoms with Gasteiger partial charge in [0, 0.05) is 29.3 Å². The summed E-state index contributed by atoms with van der Waals surface area (Å²) >= 11 is 2.62. The first-order valence-electron chi connectivity index (χ1n) is 15.0. The van der Waals surface area contributed by atoms with E-state index in [1.54, 1.807) is 11.3 Å². The maximum absolute atomic E-state index is 8.72. The van der Waals surface area contributed by atoms with Crippen LogP contribution in [0.2, 0.25) is 0 Å². The molecule has 1 aliphatic rings. The van der Waals surface area contributed by atoms with Crippen LogP contribution in [-0.2, 0) is 6.42 Å². The summed E-state index contributed by atoms with van der Waals surface area (Å²) in [5.41, 5.74) is 13.1. The number of pyridine rings is 1. The molecule has 1 unspecified atom stereocenters. The minimum atomic E-state index is -0.0251. The number of rotatable bonds is 8. The molecule has 10 heteroatoms. The second kappa shape index (κ2) is 13.4. The summed E-state index contributed by atoms with van der Waals surface area (Å²) in [6.07, 6.45) is 12.5. The summed E-state index contributed by atoms with van der Waals surface area (Å²) in [6, 6.07) is 31.9. The van der Waals surface area contributed by atoms with E-state index in [2.05, 4.69) is 56.5 Å². The molecule has 0 saturated heterocycles. The van der Waals surface area contributed by atoms with Crippen molar-refractivity contribution in [1.82, 2.24) is 25.1 Å². The summed E-state index contributed by atoms with van der Waals surface area (Å²) in [6.45, 7) is 0. The van der Waals surface area contributed by atoms with E-state index < -0.39 is 0 Å². The molecule has 0 bridgehead atoms. The molecule has 3 aromatic carbocycles. The Balaban J connectivity index is 1.03. The van der Waals surface area contributed by atoms with Crippen LogP contribution in [0.1, 0.15) is 27.9 Å². The number of benzene rings is 3. The van der Waals surface area contributed by atoms with Gasteiger partial charge in [0.25, 0.3) is 0 Å². The lowest BCUT2D eigenvalue weighted by atomic mass is 10.0.